The van der Waals surface area contributed by atoms with Crippen LogP contribution in [0.1, 0.15) is 57.1 Å². The Morgan fingerprint density at radius 2 is 1.87 bits per heavy atom. The molecule has 0 aliphatic carbocycles. The number of nitrogens with zero attached hydrogens (tertiary/aromatic N) is 1. The molecule has 4 heteroatoms. The number of hydrogen-bond acceptors (Lipinski definition) is 3. The summed E-state index contributed by atoms with van der Waals surface area (Å²) in [5.41, 5.74) is 13.1. The van der Waals surface area contributed by atoms with Gasteiger partial charge in [-0.2, -0.15) is 0 Å². The number of ether oxygens (including phenoxy) is 1. The summed E-state index contributed by atoms with van der Waals surface area (Å²) in [4.78, 5) is 8.48. The van der Waals surface area contributed by atoms with Gasteiger partial charge < -0.3 is 15.5 Å². The van der Waals surface area contributed by atoms with Crippen molar-refractivity contribution in [1.29, 1.82) is 0 Å². The Balaban J connectivity index is 1.96. The van der Waals surface area contributed by atoms with Gasteiger partial charge >= 0.3 is 0 Å². The summed E-state index contributed by atoms with van der Waals surface area (Å²) in [6.45, 7) is 7.92. The first kappa shape index (κ1) is 21.4. The molecule has 3 N–H and O–H groups in total. The lowest BCUT2D eigenvalue weighted by atomic mass is 9.94. The Morgan fingerprint density at radius 3 is 2.65 bits per heavy atom. The summed E-state index contributed by atoms with van der Waals surface area (Å²) >= 11 is 0. The largest absolute Gasteiger partial charge is 0.492 e. The highest BCUT2D eigenvalue weighted by molar-refractivity contribution is 6.02. The second kappa shape index (κ2) is 9.52. The van der Waals surface area contributed by atoms with Crippen LogP contribution in [0.3, 0.4) is 0 Å². The fraction of sp³-hybridized carbons (Fsp3) is 0.370. The van der Waals surface area contributed by atoms with E-state index in [2.05, 4.69) is 60.2 Å². The molecule has 2 aromatic heterocycles. The zero-order valence-corrected chi connectivity index (χ0v) is 18.9. The lowest BCUT2D eigenvalue weighted by Gasteiger charge is -2.12. The Bertz CT molecular complexity index is 1180. The van der Waals surface area contributed by atoms with E-state index in [0.29, 0.717) is 12.5 Å². The summed E-state index contributed by atoms with van der Waals surface area (Å²) < 4.78 is 5.86. The molecule has 4 rings (SSSR count). The van der Waals surface area contributed by atoms with Gasteiger partial charge in [-0.15, -0.1) is 0 Å². The molecule has 0 saturated carbocycles. The number of unbranched alkanes of at least 4 members (excludes halogenated alkanes) is 1. The molecule has 4 nitrogen and oxygen atoms in total. The van der Waals surface area contributed by atoms with Gasteiger partial charge in [-0.3, -0.25) is 4.98 Å². The third-order valence-corrected chi connectivity index (χ3v) is 6.30. The smallest absolute Gasteiger partial charge is 0.145 e. The van der Waals surface area contributed by atoms with Gasteiger partial charge in [0.15, 0.2) is 0 Å². The van der Waals surface area contributed by atoms with E-state index in [4.69, 9.17) is 10.5 Å². The van der Waals surface area contributed by atoms with Gasteiger partial charge in [-0.25, -0.2) is 0 Å². The topological polar surface area (TPSA) is 63.9 Å². The zero-order valence-electron chi connectivity index (χ0n) is 18.9. The van der Waals surface area contributed by atoms with Crippen molar-refractivity contribution in [2.24, 2.45) is 5.73 Å². The van der Waals surface area contributed by atoms with E-state index in [0.717, 1.165) is 48.9 Å². The van der Waals surface area contributed by atoms with Crippen molar-refractivity contribution < 1.29 is 4.74 Å². The minimum absolute atomic E-state index is 0.505. The SMILES string of the molecule is CCOc1ccc(-c2[nH]c3c(C(C)CC)cccc3c2CCCCN)c2cccnc12. The number of pyridine rings is 1. The van der Waals surface area contributed by atoms with Gasteiger partial charge in [0.25, 0.3) is 0 Å². The Hall–Kier alpha value is -2.85. The van der Waals surface area contributed by atoms with E-state index < -0.39 is 0 Å². The highest BCUT2D eigenvalue weighted by Gasteiger charge is 2.19. The van der Waals surface area contributed by atoms with E-state index >= 15 is 0 Å². The maximum Gasteiger partial charge on any atom is 0.145 e. The van der Waals surface area contributed by atoms with Crippen molar-refractivity contribution in [2.75, 3.05) is 13.2 Å². The van der Waals surface area contributed by atoms with Crippen LogP contribution in [0.5, 0.6) is 5.75 Å². The summed E-state index contributed by atoms with van der Waals surface area (Å²) in [6.07, 6.45) is 6.07. The zero-order chi connectivity index (χ0) is 21.8. The average Bonchev–Trinajstić information content (AvgIpc) is 3.17. The summed E-state index contributed by atoms with van der Waals surface area (Å²) in [5, 5.41) is 2.45. The van der Waals surface area contributed by atoms with Crippen LogP contribution in [0.2, 0.25) is 0 Å². The number of H-pyrrole nitrogens is 1. The van der Waals surface area contributed by atoms with Crippen LogP contribution in [-0.4, -0.2) is 23.1 Å². The molecule has 31 heavy (non-hydrogen) atoms. The molecule has 1 unspecified atom stereocenters. The number of fused-ring (bicyclic) bond motifs is 2. The van der Waals surface area contributed by atoms with Crippen molar-refractivity contribution in [3.63, 3.8) is 0 Å². The molecule has 4 aromatic rings. The molecule has 0 bridgehead atoms. The number of para-hydroxylation sites is 1. The molecule has 0 saturated heterocycles. The highest BCUT2D eigenvalue weighted by Crippen LogP contribution is 2.39. The van der Waals surface area contributed by atoms with Crippen LogP contribution in [0.4, 0.5) is 0 Å². The molecule has 2 aromatic carbocycles. The molecule has 0 aliphatic heterocycles. The quantitative estimate of drug-likeness (QED) is 0.304. The van der Waals surface area contributed by atoms with Crippen molar-refractivity contribution in [2.45, 2.75) is 52.4 Å². The van der Waals surface area contributed by atoms with Crippen LogP contribution in [0, 0.1) is 0 Å². The van der Waals surface area contributed by atoms with E-state index in [9.17, 15) is 0 Å². The van der Waals surface area contributed by atoms with Gasteiger partial charge in [-0.1, -0.05) is 38.1 Å². The minimum Gasteiger partial charge on any atom is -0.492 e. The van der Waals surface area contributed by atoms with Gasteiger partial charge in [0.05, 0.1) is 12.3 Å². The molecule has 0 fully saturated rings. The second-order valence-corrected chi connectivity index (χ2v) is 8.25. The molecule has 0 spiro atoms. The monoisotopic (exact) mass is 415 g/mol. The van der Waals surface area contributed by atoms with Crippen molar-refractivity contribution in [3.05, 3.63) is 59.8 Å². The Kier molecular flexibility index (Phi) is 6.57. The van der Waals surface area contributed by atoms with Gasteiger partial charge in [0.2, 0.25) is 0 Å². The average molecular weight is 416 g/mol. The van der Waals surface area contributed by atoms with Gasteiger partial charge in [-0.05, 0) is 74.4 Å². The number of benzene rings is 2. The highest BCUT2D eigenvalue weighted by atomic mass is 16.5. The fourth-order valence-electron chi connectivity index (χ4n) is 4.50. The first-order valence-corrected chi connectivity index (χ1v) is 11.5. The molecular weight excluding hydrogens is 382 g/mol. The minimum atomic E-state index is 0.505. The summed E-state index contributed by atoms with van der Waals surface area (Å²) in [5.74, 6) is 1.34. The number of rotatable bonds is 9. The number of aromatic amines is 1. The third kappa shape index (κ3) is 4.05. The Morgan fingerprint density at radius 1 is 1.03 bits per heavy atom. The van der Waals surface area contributed by atoms with E-state index in [1.54, 1.807) is 0 Å². The van der Waals surface area contributed by atoms with Gasteiger partial charge in [0.1, 0.15) is 11.3 Å². The van der Waals surface area contributed by atoms with Crippen LogP contribution in [-0.2, 0) is 6.42 Å². The van der Waals surface area contributed by atoms with E-state index in [1.807, 2.05) is 19.2 Å². The second-order valence-electron chi connectivity index (χ2n) is 8.25. The van der Waals surface area contributed by atoms with E-state index in [-0.39, 0.29) is 0 Å². The van der Waals surface area contributed by atoms with Crippen LogP contribution in [0.15, 0.2) is 48.7 Å². The normalized spacial score (nSPS) is 12.5. The lowest BCUT2D eigenvalue weighted by Crippen LogP contribution is -1.99. The molecule has 0 amide bonds. The summed E-state index contributed by atoms with van der Waals surface area (Å²) in [7, 11) is 0. The standard InChI is InChI=1S/C27H33N3O/c1-4-18(3)19-11-8-12-21-20(10-6-7-16-28)26(30-25(19)21)23-14-15-24(31-5-2)27-22(23)13-9-17-29-27/h8-9,11-15,17-18,30H,4-7,10,16,28H2,1-3H3. The number of aromatic nitrogens is 2. The number of hydrogen-bond donors (Lipinski definition) is 2. The number of nitrogens with two attached hydrogens (primary N) is 1. The number of nitrogens with one attached hydrogen (secondary N) is 1. The maximum atomic E-state index is 5.86. The predicted octanol–water partition coefficient (Wildman–Crippen LogP) is 6.58. The van der Waals surface area contributed by atoms with Gasteiger partial charge in [0, 0.05) is 28.0 Å². The molecule has 162 valence electrons. The molecule has 1 atom stereocenters. The fourth-order valence-corrected chi connectivity index (χ4v) is 4.50. The predicted molar refractivity (Wildman–Crippen MR) is 131 cm³/mol. The summed E-state index contributed by atoms with van der Waals surface area (Å²) in [6, 6.07) is 15.1. The molecule has 0 aliphatic rings. The Labute approximate surface area is 184 Å². The van der Waals surface area contributed by atoms with Crippen molar-refractivity contribution in [1.82, 2.24) is 9.97 Å². The first-order valence-electron chi connectivity index (χ1n) is 11.5. The molecule has 0 radical (unpaired) electrons. The van der Waals surface area contributed by atoms with Crippen molar-refractivity contribution in [3.8, 4) is 17.0 Å². The number of aryl methyl sites for hydroxylation is 1. The van der Waals surface area contributed by atoms with Crippen LogP contribution in [0.25, 0.3) is 33.1 Å². The van der Waals surface area contributed by atoms with Crippen molar-refractivity contribution >= 4 is 21.8 Å². The maximum absolute atomic E-state index is 5.86. The third-order valence-electron chi connectivity index (χ3n) is 6.30. The van der Waals surface area contributed by atoms with Crippen LogP contribution < -0.4 is 10.5 Å². The first-order chi connectivity index (χ1) is 15.2. The molecular formula is C27H33N3O. The van der Waals surface area contributed by atoms with Crippen LogP contribution >= 0.6 is 0 Å². The lowest BCUT2D eigenvalue weighted by molar-refractivity contribution is 0.343. The van der Waals surface area contributed by atoms with E-state index in [1.165, 1.54) is 33.3 Å². The molecule has 2 heterocycles.